The number of piperazine rings is 1. The maximum absolute atomic E-state index is 12.8. The van der Waals surface area contributed by atoms with Gasteiger partial charge in [-0.2, -0.15) is 0 Å². The van der Waals surface area contributed by atoms with Gasteiger partial charge in [-0.05, 0) is 26.8 Å². The average Bonchev–Trinajstić information content (AvgIpc) is 3.06. The van der Waals surface area contributed by atoms with E-state index in [2.05, 4.69) is 21.8 Å². The molecule has 1 aliphatic rings. The van der Waals surface area contributed by atoms with Gasteiger partial charge in [0.25, 0.3) is 5.91 Å². The fourth-order valence-corrected chi connectivity index (χ4v) is 3.64. The molecule has 0 aliphatic carbocycles. The number of rotatable bonds is 2. The Bertz CT molecular complexity index is 647. The molecule has 0 radical (unpaired) electrons. The molecule has 0 saturated carbocycles. The van der Waals surface area contributed by atoms with Crippen LogP contribution in [-0.4, -0.2) is 46.0 Å². The Morgan fingerprint density at radius 1 is 1.48 bits per heavy atom. The summed E-state index contributed by atoms with van der Waals surface area (Å²) < 4.78 is 2.06. The predicted molar refractivity (Wildman–Crippen MR) is 84.3 cm³/mol. The second-order valence-electron chi connectivity index (χ2n) is 5.54. The first-order valence-electron chi connectivity index (χ1n) is 7.19. The number of amides is 1. The fraction of sp³-hybridized carbons (Fsp3) is 0.467. The molecule has 1 N–H and O–H groups in total. The highest BCUT2D eigenvalue weighted by atomic mass is 32.1. The van der Waals surface area contributed by atoms with Crippen LogP contribution in [0, 0.1) is 13.8 Å². The molecule has 1 fully saturated rings. The Kier molecular flexibility index (Phi) is 3.82. The van der Waals surface area contributed by atoms with E-state index in [0.717, 1.165) is 41.7 Å². The van der Waals surface area contributed by atoms with Gasteiger partial charge in [0.15, 0.2) is 5.13 Å². The molecule has 0 bridgehead atoms. The lowest BCUT2D eigenvalue weighted by atomic mass is 10.1. The molecule has 2 aromatic heterocycles. The van der Waals surface area contributed by atoms with Crippen molar-refractivity contribution in [1.29, 1.82) is 0 Å². The van der Waals surface area contributed by atoms with Gasteiger partial charge in [0.1, 0.15) is 0 Å². The third-order valence-corrected chi connectivity index (χ3v) is 4.68. The molecule has 1 saturated heterocycles. The highest BCUT2D eigenvalue weighted by Crippen LogP contribution is 2.23. The van der Waals surface area contributed by atoms with Crippen molar-refractivity contribution in [3.05, 3.63) is 34.6 Å². The Balaban J connectivity index is 1.93. The first-order valence-corrected chi connectivity index (χ1v) is 8.07. The zero-order chi connectivity index (χ0) is 15.0. The minimum absolute atomic E-state index is 0.124. The van der Waals surface area contributed by atoms with Crippen molar-refractivity contribution < 1.29 is 4.79 Å². The second kappa shape index (κ2) is 5.61. The predicted octanol–water partition coefficient (Wildman–Crippen LogP) is 1.98. The molecule has 1 amide bonds. The number of aromatic nitrogens is 2. The van der Waals surface area contributed by atoms with Gasteiger partial charge in [-0.15, -0.1) is 11.3 Å². The van der Waals surface area contributed by atoms with Gasteiger partial charge in [0, 0.05) is 48.6 Å². The summed E-state index contributed by atoms with van der Waals surface area (Å²) in [5.74, 6) is 0.124. The van der Waals surface area contributed by atoms with Gasteiger partial charge in [-0.25, -0.2) is 4.98 Å². The zero-order valence-electron chi connectivity index (χ0n) is 12.6. The van der Waals surface area contributed by atoms with E-state index in [-0.39, 0.29) is 5.91 Å². The van der Waals surface area contributed by atoms with E-state index in [1.165, 1.54) is 0 Å². The summed E-state index contributed by atoms with van der Waals surface area (Å²) in [4.78, 5) is 19.1. The number of hydrogen-bond acceptors (Lipinski definition) is 4. The molecular formula is C15H20N4OS. The van der Waals surface area contributed by atoms with Crippen molar-refractivity contribution in [2.75, 3.05) is 19.6 Å². The molecule has 1 atom stereocenters. The molecule has 1 aliphatic heterocycles. The SMILES string of the molecule is Cc1cc(C(=O)N2CCN[C@H](C)C2)c(C)n1-c1nccs1. The standard InChI is InChI=1S/C15H20N4OS/c1-10-9-18(6-4-16-10)14(20)13-8-11(2)19(12(13)3)15-17-5-7-21-15/h5,7-8,10,16H,4,6,9H2,1-3H3/t10-/m1/s1. The lowest BCUT2D eigenvalue weighted by Gasteiger charge is -2.31. The van der Waals surface area contributed by atoms with Crippen LogP contribution in [0.4, 0.5) is 0 Å². The number of thiazole rings is 1. The van der Waals surface area contributed by atoms with Crippen LogP contribution >= 0.6 is 11.3 Å². The highest BCUT2D eigenvalue weighted by molar-refractivity contribution is 7.12. The molecule has 21 heavy (non-hydrogen) atoms. The average molecular weight is 304 g/mol. The Hall–Kier alpha value is -1.66. The molecule has 6 heteroatoms. The topological polar surface area (TPSA) is 50.2 Å². The molecule has 0 unspecified atom stereocenters. The van der Waals surface area contributed by atoms with E-state index in [4.69, 9.17) is 0 Å². The monoisotopic (exact) mass is 304 g/mol. The quantitative estimate of drug-likeness (QED) is 0.923. The first kappa shape index (κ1) is 14.3. The molecular weight excluding hydrogens is 284 g/mol. The molecule has 112 valence electrons. The van der Waals surface area contributed by atoms with E-state index < -0.39 is 0 Å². The Morgan fingerprint density at radius 2 is 2.29 bits per heavy atom. The molecule has 3 heterocycles. The summed E-state index contributed by atoms with van der Waals surface area (Å²) in [7, 11) is 0. The Morgan fingerprint density at radius 3 is 2.95 bits per heavy atom. The molecule has 3 rings (SSSR count). The van der Waals surface area contributed by atoms with Crippen molar-refractivity contribution in [3.8, 4) is 5.13 Å². The van der Waals surface area contributed by atoms with Crippen LogP contribution in [0.5, 0.6) is 0 Å². The number of carbonyl (C=O) groups excluding carboxylic acids is 1. The third kappa shape index (κ3) is 2.61. The van der Waals surface area contributed by atoms with Crippen molar-refractivity contribution >= 4 is 17.2 Å². The van der Waals surface area contributed by atoms with Gasteiger partial charge in [0.05, 0.1) is 5.56 Å². The minimum atomic E-state index is 0.124. The van der Waals surface area contributed by atoms with Gasteiger partial charge in [0.2, 0.25) is 0 Å². The molecule has 5 nitrogen and oxygen atoms in total. The third-order valence-electron chi connectivity index (χ3n) is 3.93. The largest absolute Gasteiger partial charge is 0.336 e. The number of carbonyl (C=O) groups is 1. The van der Waals surface area contributed by atoms with Crippen LogP contribution in [0.15, 0.2) is 17.6 Å². The van der Waals surface area contributed by atoms with E-state index in [1.54, 1.807) is 17.5 Å². The van der Waals surface area contributed by atoms with Gasteiger partial charge >= 0.3 is 0 Å². The van der Waals surface area contributed by atoms with Crippen LogP contribution in [0.25, 0.3) is 5.13 Å². The van der Waals surface area contributed by atoms with Crippen molar-refractivity contribution in [2.45, 2.75) is 26.8 Å². The number of hydrogen-bond donors (Lipinski definition) is 1. The van der Waals surface area contributed by atoms with Crippen LogP contribution in [0.2, 0.25) is 0 Å². The molecule has 2 aromatic rings. The van der Waals surface area contributed by atoms with E-state index >= 15 is 0 Å². The van der Waals surface area contributed by atoms with E-state index in [1.807, 2.05) is 30.2 Å². The fourth-order valence-electron chi connectivity index (χ4n) is 2.89. The van der Waals surface area contributed by atoms with Gasteiger partial charge < -0.3 is 10.2 Å². The second-order valence-corrected chi connectivity index (χ2v) is 6.41. The summed E-state index contributed by atoms with van der Waals surface area (Å²) in [6.07, 6.45) is 1.79. The van der Waals surface area contributed by atoms with Crippen molar-refractivity contribution in [2.24, 2.45) is 0 Å². The smallest absolute Gasteiger partial charge is 0.255 e. The maximum Gasteiger partial charge on any atom is 0.255 e. The molecule has 0 aromatic carbocycles. The van der Waals surface area contributed by atoms with Crippen LogP contribution < -0.4 is 5.32 Å². The van der Waals surface area contributed by atoms with E-state index in [0.29, 0.717) is 6.04 Å². The summed E-state index contributed by atoms with van der Waals surface area (Å²) >= 11 is 1.58. The van der Waals surface area contributed by atoms with Crippen LogP contribution in [0.3, 0.4) is 0 Å². The number of nitrogens with one attached hydrogen (secondary N) is 1. The first-order chi connectivity index (χ1) is 10.1. The van der Waals surface area contributed by atoms with Gasteiger partial charge in [-0.1, -0.05) is 0 Å². The van der Waals surface area contributed by atoms with Crippen molar-refractivity contribution in [3.63, 3.8) is 0 Å². The lowest BCUT2D eigenvalue weighted by Crippen LogP contribution is -2.51. The minimum Gasteiger partial charge on any atom is -0.336 e. The number of aryl methyl sites for hydroxylation is 1. The molecule has 0 spiro atoms. The highest BCUT2D eigenvalue weighted by Gasteiger charge is 2.25. The van der Waals surface area contributed by atoms with E-state index in [9.17, 15) is 4.79 Å². The normalized spacial score (nSPS) is 19.0. The Labute approximate surface area is 128 Å². The lowest BCUT2D eigenvalue weighted by molar-refractivity contribution is 0.0708. The maximum atomic E-state index is 12.8. The number of nitrogens with zero attached hydrogens (tertiary/aromatic N) is 3. The van der Waals surface area contributed by atoms with Crippen molar-refractivity contribution in [1.82, 2.24) is 19.8 Å². The summed E-state index contributed by atoms with van der Waals surface area (Å²) in [6, 6.07) is 2.33. The summed E-state index contributed by atoms with van der Waals surface area (Å²) in [6.45, 7) is 8.51. The summed E-state index contributed by atoms with van der Waals surface area (Å²) in [5.41, 5.74) is 2.81. The van der Waals surface area contributed by atoms with Gasteiger partial charge in [-0.3, -0.25) is 9.36 Å². The van der Waals surface area contributed by atoms with Crippen LogP contribution in [0.1, 0.15) is 28.7 Å². The zero-order valence-corrected chi connectivity index (χ0v) is 13.4. The summed E-state index contributed by atoms with van der Waals surface area (Å²) in [5, 5.41) is 6.23. The van der Waals surface area contributed by atoms with Crippen LogP contribution in [-0.2, 0) is 0 Å².